The molecule has 1 amide bonds. The van der Waals surface area contributed by atoms with E-state index in [9.17, 15) is 9.59 Å². The van der Waals surface area contributed by atoms with Gasteiger partial charge in [0, 0.05) is 18.2 Å². The zero-order valence-corrected chi connectivity index (χ0v) is 12.8. The number of hydrogen-bond donors (Lipinski definition) is 2. The second-order valence-electron chi connectivity index (χ2n) is 5.54. The fraction of sp³-hybridized carbons (Fsp3) is 0.412. The van der Waals surface area contributed by atoms with E-state index in [2.05, 4.69) is 19.2 Å². The van der Waals surface area contributed by atoms with Crippen LogP contribution in [0.25, 0.3) is 6.08 Å². The number of benzene rings is 1. The van der Waals surface area contributed by atoms with E-state index in [0.29, 0.717) is 23.6 Å². The minimum atomic E-state index is -1.00. The molecule has 0 bridgehead atoms. The number of amides is 1. The first-order valence-corrected chi connectivity index (χ1v) is 7.20. The number of aryl methyl sites for hydroxylation is 1. The zero-order valence-electron chi connectivity index (χ0n) is 12.8. The molecule has 0 atom stereocenters. The van der Waals surface area contributed by atoms with Crippen LogP contribution in [0.15, 0.2) is 24.3 Å². The van der Waals surface area contributed by atoms with Gasteiger partial charge >= 0.3 is 5.97 Å². The summed E-state index contributed by atoms with van der Waals surface area (Å²) in [5.74, 6) is -0.481. The molecule has 4 heteroatoms. The van der Waals surface area contributed by atoms with Crippen LogP contribution in [0, 0.1) is 12.8 Å². The predicted molar refractivity (Wildman–Crippen MR) is 84.3 cm³/mol. The Kier molecular flexibility index (Phi) is 6.66. The molecule has 0 fully saturated rings. The molecule has 0 saturated heterocycles. The van der Waals surface area contributed by atoms with E-state index in [1.54, 1.807) is 12.1 Å². The standard InChI is InChI=1S/C17H23NO3/c1-12(2)5-4-10-18-17(21)15-11-14(7-6-13(15)3)8-9-16(19)20/h6-9,11-12H,4-5,10H2,1-3H3,(H,18,21)(H,19,20). The van der Waals surface area contributed by atoms with Crippen molar-refractivity contribution in [2.24, 2.45) is 5.92 Å². The summed E-state index contributed by atoms with van der Waals surface area (Å²) in [7, 11) is 0. The first-order chi connectivity index (χ1) is 9.90. The van der Waals surface area contributed by atoms with Crippen LogP contribution in [0.5, 0.6) is 0 Å². The Balaban J connectivity index is 2.70. The first kappa shape index (κ1) is 17.0. The van der Waals surface area contributed by atoms with Gasteiger partial charge < -0.3 is 10.4 Å². The number of carbonyl (C=O) groups excluding carboxylic acids is 1. The summed E-state index contributed by atoms with van der Waals surface area (Å²) in [4.78, 5) is 22.7. The lowest BCUT2D eigenvalue weighted by molar-refractivity contribution is -0.131. The normalized spacial score (nSPS) is 11.0. The van der Waals surface area contributed by atoms with Crippen LogP contribution in [-0.4, -0.2) is 23.5 Å². The summed E-state index contributed by atoms with van der Waals surface area (Å²) in [5, 5.41) is 11.5. The molecule has 1 rings (SSSR count). The number of nitrogens with one attached hydrogen (secondary N) is 1. The van der Waals surface area contributed by atoms with Crippen molar-refractivity contribution in [2.75, 3.05) is 6.54 Å². The predicted octanol–water partition coefficient (Wildman–Crippen LogP) is 3.26. The highest BCUT2D eigenvalue weighted by atomic mass is 16.4. The lowest BCUT2D eigenvalue weighted by Gasteiger charge is -2.09. The van der Waals surface area contributed by atoms with E-state index in [1.807, 2.05) is 13.0 Å². The van der Waals surface area contributed by atoms with E-state index in [0.717, 1.165) is 24.5 Å². The summed E-state index contributed by atoms with van der Waals surface area (Å²) in [6.07, 6.45) is 4.59. The summed E-state index contributed by atoms with van der Waals surface area (Å²) in [6.45, 7) is 6.84. The maximum absolute atomic E-state index is 12.1. The SMILES string of the molecule is Cc1ccc(C=CC(=O)O)cc1C(=O)NCCCC(C)C. The Morgan fingerprint density at radius 3 is 2.67 bits per heavy atom. The van der Waals surface area contributed by atoms with Gasteiger partial charge in [-0.15, -0.1) is 0 Å². The molecular formula is C17H23NO3. The Labute approximate surface area is 125 Å². The number of carboxylic acid groups (broad SMARTS) is 1. The zero-order chi connectivity index (χ0) is 15.8. The summed E-state index contributed by atoms with van der Waals surface area (Å²) in [5.41, 5.74) is 2.17. The number of carbonyl (C=O) groups is 2. The van der Waals surface area contributed by atoms with Crippen LogP contribution >= 0.6 is 0 Å². The Morgan fingerprint density at radius 1 is 1.33 bits per heavy atom. The minimum Gasteiger partial charge on any atom is -0.478 e. The Bertz CT molecular complexity index is 533. The monoisotopic (exact) mass is 289 g/mol. The molecule has 0 aliphatic rings. The summed E-state index contributed by atoms with van der Waals surface area (Å²) < 4.78 is 0. The minimum absolute atomic E-state index is 0.109. The molecule has 114 valence electrons. The molecule has 1 aromatic carbocycles. The van der Waals surface area contributed by atoms with E-state index in [-0.39, 0.29) is 5.91 Å². The van der Waals surface area contributed by atoms with Crippen LogP contribution in [-0.2, 0) is 4.79 Å². The summed E-state index contributed by atoms with van der Waals surface area (Å²) >= 11 is 0. The number of rotatable bonds is 7. The van der Waals surface area contributed by atoms with Gasteiger partial charge in [-0.3, -0.25) is 4.79 Å². The Morgan fingerprint density at radius 2 is 2.05 bits per heavy atom. The van der Waals surface area contributed by atoms with Crippen LogP contribution in [0.3, 0.4) is 0 Å². The lowest BCUT2D eigenvalue weighted by Crippen LogP contribution is -2.25. The Hall–Kier alpha value is -2.10. The maximum atomic E-state index is 12.1. The maximum Gasteiger partial charge on any atom is 0.328 e. The molecule has 2 N–H and O–H groups in total. The molecule has 4 nitrogen and oxygen atoms in total. The second kappa shape index (κ2) is 8.25. The number of hydrogen-bond acceptors (Lipinski definition) is 2. The van der Waals surface area contributed by atoms with Gasteiger partial charge in [0.25, 0.3) is 5.91 Å². The quantitative estimate of drug-likeness (QED) is 0.598. The largest absolute Gasteiger partial charge is 0.478 e. The van der Waals surface area contributed by atoms with Crippen molar-refractivity contribution < 1.29 is 14.7 Å². The van der Waals surface area contributed by atoms with Crippen LogP contribution in [0.1, 0.15) is 48.2 Å². The second-order valence-corrected chi connectivity index (χ2v) is 5.54. The molecule has 0 aliphatic heterocycles. The highest BCUT2D eigenvalue weighted by Crippen LogP contribution is 2.13. The average molecular weight is 289 g/mol. The van der Waals surface area contributed by atoms with Crippen molar-refractivity contribution in [1.82, 2.24) is 5.32 Å². The van der Waals surface area contributed by atoms with Crippen molar-refractivity contribution in [2.45, 2.75) is 33.6 Å². The molecular weight excluding hydrogens is 266 g/mol. The molecule has 0 radical (unpaired) electrons. The van der Waals surface area contributed by atoms with Gasteiger partial charge in [0.2, 0.25) is 0 Å². The summed E-state index contributed by atoms with van der Waals surface area (Å²) in [6, 6.07) is 5.33. The number of carboxylic acids is 1. The van der Waals surface area contributed by atoms with E-state index in [1.165, 1.54) is 6.08 Å². The lowest BCUT2D eigenvalue weighted by atomic mass is 10.0. The number of aliphatic carboxylic acids is 1. The first-order valence-electron chi connectivity index (χ1n) is 7.20. The molecule has 0 spiro atoms. The van der Waals surface area contributed by atoms with Gasteiger partial charge in [-0.2, -0.15) is 0 Å². The molecule has 1 aromatic rings. The highest BCUT2D eigenvalue weighted by molar-refractivity contribution is 5.96. The molecule has 21 heavy (non-hydrogen) atoms. The van der Waals surface area contributed by atoms with Gasteiger partial charge in [0.1, 0.15) is 0 Å². The fourth-order valence-corrected chi connectivity index (χ4v) is 1.96. The third kappa shape index (κ3) is 6.25. The van der Waals surface area contributed by atoms with E-state index in [4.69, 9.17) is 5.11 Å². The van der Waals surface area contributed by atoms with Crippen LogP contribution in [0.2, 0.25) is 0 Å². The van der Waals surface area contributed by atoms with Gasteiger partial charge in [-0.1, -0.05) is 26.0 Å². The molecule has 0 heterocycles. The average Bonchev–Trinajstić information content (AvgIpc) is 2.42. The fourth-order valence-electron chi connectivity index (χ4n) is 1.96. The van der Waals surface area contributed by atoms with Crippen molar-refractivity contribution in [3.05, 3.63) is 41.0 Å². The van der Waals surface area contributed by atoms with E-state index >= 15 is 0 Å². The third-order valence-corrected chi connectivity index (χ3v) is 3.17. The van der Waals surface area contributed by atoms with Crippen LogP contribution < -0.4 is 5.32 Å². The smallest absolute Gasteiger partial charge is 0.328 e. The van der Waals surface area contributed by atoms with Crippen molar-refractivity contribution >= 4 is 18.0 Å². The molecule has 0 saturated carbocycles. The highest BCUT2D eigenvalue weighted by Gasteiger charge is 2.09. The van der Waals surface area contributed by atoms with Crippen molar-refractivity contribution in [3.63, 3.8) is 0 Å². The van der Waals surface area contributed by atoms with Gasteiger partial charge in [0.05, 0.1) is 0 Å². The third-order valence-electron chi connectivity index (χ3n) is 3.17. The van der Waals surface area contributed by atoms with Crippen LogP contribution in [0.4, 0.5) is 0 Å². The van der Waals surface area contributed by atoms with Crippen molar-refractivity contribution in [3.8, 4) is 0 Å². The topological polar surface area (TPSA) is 66.4 Å². The van der Waals surface area contributed by atoms with Crippen molar-refractivity contribution in [1.29, 1.82) is 0 Å². The molecule has 0 aromatic heterocycles. The van der Waals surface area contributed by atoms with E-state index < -0.39 is 5.97 Å². The van der Waals surface area contributed by atoms with Gasteiger partial charge in [-0.05, 0) is 49.0 Å². The molecule has 0 aliphatic carbocycles. The molecule has 0 unspecified atom stereocenters. The van der Waals surface area contributed by atoms with Gasteiger partial charge in [0.15, 0.2) is 0 Å². The van der Waals surface area contributed by atoms with Gasteiger partial charge in [-0.25, -0.2) is 4.79 Å².